The third-order valence-corrected chi connectivity index (χ3v) is 5.65. The molecule has 3 aromatic rings. The van der Waals surface area contributed by atoms with Crippen LogP contribution in [-0.4, -0.2) is 30.0 Å². The van der Waals surface area contributed by atoms with Gasteiger partial charge in [0.2, 0.25) is 0 Å². The molecule has 0 saturated heterocycles. The van der Waals surface area contributed by atoms with Crippen LogP contribution in [0.5, 0.6) is 5.75 Å². The summed E-state index contributed by atoms with van der Waals surface area (Å²) >= 11 is 4.86. The molecule has 2 aromatic carbocycles. The minimum absolute atomic E-state index is 0.0540. The highest BCUT2D eigenvalue weighted by Crippen LogP contribution is 2.29. The number of hydrogen-bond acceptors (Lipinski definition) is 4. The van der Waals surface area contributed by atoms with Gasteiger partial charge in [-0.05, 0) is 54.4 Å². The van der Waals surface area contributed by atoms with Gasteiger partial charge in [-0.15, -0.1) is 11.3 Å². The first-order chi connectivity index (χ1) is 13.5. The second kappa shape index (κ2) is 9.52. The summed E-state index contributed by atoms with van der Waals surface area (Å²) in [6.45, 7) is 0.897. The highest BCUT2D eigenvalue weighted by atomic mass is 79.9. The van der Waals surface area contributed by atoms with E-state index in [4.69, 9.17) is 0 Å². The first kappa shape index (κ1) is 20.1. The van der Waals surface area contributed by atoms with E-state index in [0.29, 0.717) is 30.0 Å². The number of phenols is 1. The minimum Gasteiger partial charge on any atom is -0.508 e. The Morgan fingerprint density at radius 1 is 0.929 bits per heavy atom. The van der Waals surface area contributed by atoms with Crippen molar-refractivity contribution in [2.75, 3.05) is 13.1 Å². The van der Waals surface area contributed by atoms with Crippen molar-refractivity contribution in [1.29, 1.82) is 0 Å². The number of phenolic OH excluding ortho intramolecular Hbond substituents is 1. The Morgan fingerprint density at radius 2 is 1.64 bits per heavy atom. The van der Waals surface area contributed by atoms with Crippen molar-refractivity contribution in [1.82, 2.24) is 10.6 Å². The van der Waals surface area contributed by atoms with Gasteiger partial charge in [-0.1, -0.05) is 34.1 Å². The van der Waals surface area contributed by atoms with Gasteiger partial charge in [0.1, 0.15) is 5.75 Å². The molecule has 1 aromatic heterocycles. The fraction of sp³-hybridized carbons (Fsp3) is 0.143. The van der Waals surface area contributed by atoms with Gasteiger partial charge >= 0.3 is 0 Å². The topological polar surface area (TPSA) is 78.4 Å². The number of benzene rings is 2. The van der Waals surface area contributed by atoms with Gasteiger partial charge in [-0.25, -0.2) is 0 Å². The maximum absolute atomic E-state index is 12.3. The predicted octanol–water partition coefficient (Wildman–Crippen LogP) is 4.43. The molecular weight excluding hydrogens is 440 g/mol. The Bertz CT molecular complexity index is 970. The molecule has 0 saturated carbocycles. The quantitative estimate of drug-likeness (QED) is 0.458. The molecule has 0 aliphatic carbocycles. The van der Waals surface area contributed by atoms with Gasteiger partial charge in [-0.3, -0.25) is 9.59 Å². The van der Waals surface area contributed by atoms with E-state index in [0.717, 1.165) is 14.9 Å². The lowest BCUT2D eigenvalue weighted by Crippen LogP contribution is -2.29. The standard InChI is InChI=1S/C21H19BrN2O3S/c22-16-7-5-14(6-8-16)18-9-10-19(28-18)21(27)24-12-2-11-23-20(26)15-3-1-4-17(25)13-15/h1,3-10,13,25H,2,11-12H2,(H,23,26)(H,24,27). The maximum Gasteiger partial charge on any atom is 0.261 e. The van der Waals surface area contributed by atoms with E-state index in [-0.39, 0.29) is 17.6 Å². The van der Waals surface area contributed by atoms with Gasteiger partial charge in [0.25, 0.3) is 11.8 Å². The van der Waals surface area contributed by atoms with E-state index in [1.807, 2.05) is 36.4 Å². The minimum atomic E-state index is -0.250. The molecule has 1 heterocycles. The number of halogens is 1. The number of hydrogen-bond donors (Lipinski definition) is 3. The lowest BCUT2D eigenvalue weighted by molar-refractivity contribution is 0.0952. The molecule has 144 valence electrons. The third-order valence-electron chi connectivity index (χ3n) is 3.99. The Hall–Kier alpha value is -2.64. The van der Waals surface area contributed by atoms with Crippen LogP contribution in [0.2, 0.25) is 0 Å². The molecule has 0 radical (unpaired) electrons. The third kappa shape index (κ3) is 5.43. The molecule has 3 N–H and O–H groups in total. The van der Waals surface area contributed by atoms with Crippen LogP contribution < -0.4 is 10.6 Å². The maximum atomic E-state index is 12.3. The molecule has 3 rings (SSSR count). The van der Waals surface area contributed by atoms with Gasteiger partial charge in [-0.2, -0.15) is 0 Å². The van der Waals surface area contributed by atoms with E-state index in [1.54, 1.807) is 12.1 Å². The fourth-order valence-corrected chi connectivity index (χ4v) is 3.75. The average molecular weight is 459 g/mol. The number of carbonyl (C=O) groups excluding carboxylic acids is 2. The fourth-order valence-electron chi connectivity index (χ4n) is 2.56. The zero-order chi connectivity index (χ0) is 19.9. The number of amides is 2. The van der Waals surface area contributed by atoms with E-state index in [9.17, 15) is 14.7 Å². The Labute approximate surface area is 175 Å². The van der Waals surface area contributed by atoms with Gasteiger partial charge in [0.15, 0.2) is 0 Å². The van der Waals surface area contributed by atoms with Crippen LogP contribution in [0.4, 0.5) is 0 Å². The van der Waals surface area contributed by atoms with Crippen LogP contribution in [-0.2, 0) is 0 Å². The van der Waals surface area contributed by atoms with E-state index < -0.39 is 0 Å². The van der Waals surface area contributed by atoms with Gasteiger partial charge in [0, 0.05) is 28.0 Å². The molecule has 2 amide bonds. The van der Waals surface area contributed by atoms with E-state index >= 15 is 0 Å². The summed E-state index contributed by atoms with van der Waals surface area (Å²) in [5, 5.41) is 15.0. The zero-order valence-corrected chi connectivity index (χ0v) is 17.3. The lowest BCUT2D eigenvalue weighted by atomic mass is 10.2. The SMILES string of the molecule is O=C(NCCCNC(=O)c1ccc(-c2ccc(Br)cc2)s1)c1cccc(O)c1. The molecule has 0 fully saturated rings. The molecule has 0 unspecified atom stereocenters. The summed E-state index contributed by atoms with van der Waals surface area (Å²) in [7, 11) is 0. The molecule has 0 bridgehead atoms. The number of thiophene rings is 1. The molecule has 7 heteroatoms. The van der Waals surface area contributed by atoms with Crippen molar-refractivity contribution in [2.45, 2.75) is 6.42 Å². The Kier molecular flexibility index (Phi) is 6.84. The summed E-state index contributed by atoms with van der Waals surface area (Å²) in [6.07, 6.45) is 0.612. The highest BCUT2D eigenvalue weighted by Gasteiger charge is 2.10. The van der Waals surface area contributed by atoms with Crippen molar-refractivity contribution in [3.05, 3.63) is 75.6 Å². The number of aromatic hydroxyl groups is 1. The molecule has 0 aliphatic heterocycles. The molecule has 28 heavy (non-hydrogen) atoms. The first-order valence-corrected chi connectivity index (χ1v) is 10.3. The predicted molar refractivity (Wildman–Crippen MR) is 115 cm³/mol. The summed E-state index contributed by atoms with van der Waals surface area (Å²) in [4.78, 5) is 25.9. The largest absolute Gasteiger partial charge is 0.508 e. The Balaban J connectivity index is 1.42. The van der Waals surface area contributed by atoms with Crippen LogP contribution >= 0.6 is 27.3 Å². The van der Waals surface area contributed by atoms with Crippen molar-refractivity contribution < 1.29 is 14.7 Å². The first-order valence-electron chi connectivity index (χ1n) is 8.74. The lowest BCUT2D eigenvalue weighted by Gasteiger charge is -2.06. The number of rotatable bonds is 7. The second-order valence-electron chi connectivity index (χ2n) is 6.09. The van der Waals surface area contributed by atoms with Crippen LogP contribution in [0.15, 0.2) is 65.1 Å². The Morgan fingerprint density at radius 3 is 2.36 bits per heavy atom. The summed E-state index contributed by atoms with van der Waals surface area (Å²) < 4.78 is 1.02. The number of carbonyl (C=O) groups is 2. The monoisotopic (exact) mass is 458 g/mol. The summed E-state index contributed by atoms with van der Waals surface area (Å²) in [5.74, 6) is -0.314. The summed E-state index contributed by atoms with van der Waals surface area (Å²) in [5.41, 5.74) is 1.48. The molecule has 0 spiro atoms. The van der Waals surface area contributed by atoms with Crippen LogP contribution in [0.1, 0.15) is 26.5 Å². The van der Waals surface area contributed by atoms with Gasteiger partial charge in [0.05, 0.1) is 4.88 Å². The van der Waals surface area contributed by atoms with Crippen molar-refractivity contribution in [2.24, 2.45) is 0 Å². The summed E-state index contributed by atoms with van der Waals surface area (Å²) in [6, 6.07) is 17.9. The normalized spacial score (nSPS) is 10.5. The molecular formula is C21H19BrN2O3S. The average Bonchev–Trinajstić information content (AvgIpc) is 3.18. The second-order valence-corrected chi connectivity index (χ2v) is 8.09. The molecule has 0 aliphatic rings. The molecule has 5 nitrogen and oxygen atoms in total. The van der Waals surface area contributed by atoms with Gasteiger partial charge < -0.3 is 15.7 Å². The zero-order valence-electron chi connectivity index (χ0n) is 14.9. The molecule has 0 atom stereocenters. The number of nitrogens with one attached hydrogen (secondary N) is 2. The van der Waals surface area contributed by atoms with E-state index in [2.05, 4.69) is 26.6 Å². The highest BCUT2D eigenvalue weighted by molar-refractivity contribution is 9.10. The van der Waals surface area contributed by atoms with Crippen LogP contribution in [0, 0.1) is 0 Å². The smallest absolute Gasteiger partial charge is 0.261 e. The van der Waals surface area contributed by atoms with E-state index in [1.165, 1.54) is 23.5 Å². The van der Waals surface area contributed by atoms with Crippen molar-refractivity contribution >= 4 is 39.1 Å². The van der Waals surface area contributed by atoms with Crippen LogP contribution in [0.25, 0.3) is 10.4 Å². The van der Waals surface area contributed by atoms with Crippen molar-refractivity contribution in [3.63, 3.8) is 0 Å². The van der Waals surface area contributed by atoms with Crippen molar-refractivity contribution in [3.8, 4) is 16.2 Å². The van der Waals surface area contributed by atoms with Crippen LogP contribution in [0.3, 0.4) is 0 Å².